The molecule has 0 fully saturated rings. The Morgan fingerprint density at radius 1 is 1.15 bits per heavy atom. The highest BCUT2D eigenvalue weighted by Crippen LogP contribution is 2.29. The van der Waals surface area contributed by atoms with Crippen LogP contribution in [-0.4, -0.2) is 58.4 Å². The van der Waals surface area contributed by atoms with E-state index in [4.69, 9.17) is 28.9 Å². The van der Waals surface area contributed by atoms with Gasteiger partial charge in [-0.15, -0.1) is 0 Å². The van der Waals surface area contributed by atoms with Gasteiger partial charge in [-0.05, 0) is 43.0 Å². The topological polar surface area (TPSA) is 97.4 Å². The van der Waals surface area contributed by atoms with Gasteiger partial charge in [0.1, 0.15) is 23.0 Å². The van der Waals surface area contributed by atoms with Crippen molar-refractivity contribution in [2.45, 2.75) is 33.7 Å². The highest BCUT2D eigenvalue weighted by atomic mass is 35.5. The standard InChI is InChI=1S/C24H30Cl2N6O2/c1-14(2)12-31(13-21(27)33)24(34)20-11-18-22(30(4)5)28-15(3)29-23(18)32(20)9-8-16-6-7-17(25)10-19(16)26/h6-7,10-11,14H,8-9,12-13H2,1-5H3,(H2,27,33). The first-order chi connectivity index (χ1) is 16.0. The van der Waals surface area contributed by atoms with E-state index >= 15 is 0 Å². The van der Waals surface area contributed by atoms with E-state index in [2.05, 4.69) is 9.97 Å². The molecule has 2 amide bonds. The molecule has 1 aromatic carbocycles. The molecule has 0 aliphatic carbocycles. The van der Waals surface area contributed by atoms with Crippen LogP contribution >= 0.6 is 23.2 Å². The number of anilines is 1. The summed E-state index contributed by atoms with van der Waals surface area (Å²) in [6.07, 6.45) is 0.556. The number of carbonyl (C=O) groups excluding carboxylic acids is 2. The van der Waals surface area contributed by atoms with Crippen molar-refractivity contribution in [2.75, 3.05) is 32.1 Å². The van der Waals surface area contributed by atoms with Crippen molar-refractivity contribution < 1.29 is 9.59 Å². The summed E-state index contributed by atoms with van der Waals surface area (Å²) in [7, 11) is 3.79. The molecule has 2 heterocycles. The minimum atomic E-state index is -0.561. The summed E-state index contributed by atoms with van der Waals surface area (Å²) < 4.78 is 1.87. The van der Waals surface area contributed by atoms with Crippen LogP contribution in [0.5, 0.6) is 0 Å². The zero-order valence-corrected chi connectivity index (χ0v) is 21.6. The molecule has 3 rings (SSSR count). The number of benzene rings is 1. The van der Waals surface area contributed by atoms with Gasteiger partial charge in [0.05, 0.1) is 11.9 Å². The zero-order valence-electron chi connectivity index (χ0n) is 20.1. The van der Waals surface area contributed by atoms with Crippen LogP contribution in [0.3, 0.4) is 0 Å². The van der Waals surface area contributed by atoms with Crippen LogP contribution in [0.4, 0.5) is 5.82 Å². The van der Waals surface area contributed by atoms with Gasteiger partial charge in [0.15, 0.2) is 0 Å². The van der Waals surface area contributed by atoms with E-state index in [1.807, 2.05) is 50.4 Å². The van der Waals surface area contributed by atoms with Gasteiger partial charge in [-0.3, -0.25) is 9.59 Å². The lowest BCUT2D eigenvalue weighted by atomic mass is 10.1. The maximum Gasteiger partial charge on any atom is 0.271 e. The maximum absolute atomic E-state index is 13.7. The molecule has 0 atom stereocenters. The number of nitrogens with two attached hydrogens (primary N) is 1. The second kappa shape index (κ2) is 10.6. The Bertz CT molecular complexity index is 1220. The van der Waals surface area contributed by atoms with Crippen molar-refractivity contribution in [3.8, 4) is 0 Å². The fourth-order valence-electron chi connectivity index (χ4n) is 3.93. The van der Waals surface area contributed by atoms with E-state index in [-0.39, 0.29) is 18.4 Å². The van der Waals surface area contributed by atoms with Crippen LogP contribution in [-0.2, 0) is 17.8 Å². The molecular formula is C24H30Cl2N6O2. The Labute approximate surface area is 209 Å². The van der Waals surface area contributed by atoms with Crippen molar-refractivity contribution in [2.24, 2.45) is 11.7 Å². The average molecular weight is 505 g/mol. The molecule has 0 aliphatic heterocycles. The Kier molecular flexibility index (Phi) is 8.05. The molecule has 0 radical (unpaired) electrons. The SMILES string of the molecule is Cc1nc(N(C)C)c2cc(C(=O)N(CC(N)=O)CC(C)C)n(CCc3ccc(Cl)cc3Cl)c2n1. The van der Waals surface area contributed by atoms with E-state index in [1.54, 1.807) is 18.2 Å². The van der Waals surface area contributed by atoms with E-state index in [1.165, 1.54) is 4.90 Å². The number of primary amides is 1. The Morgan fingerprint density at radius 3 is 2.44 bits per heavy atom. The smallest absolute Gasteiger partial charge is 0.271 e. The van der Waals surface area contributed by atoms with Gasteiger partial charge in [0.2, 0.25) is 5.91 Å². The average Bonchev–Trinajstić information content (AvgIpc) is 3.09. The van der Waals surface area contributed by atoms with Crippen LogP contribution < -0.4 is 10.6 Å². The normalized spacial score (nSPS) is 11.3. The molecule has 0 saturated heterocycles. The second-order valence-electron chi connectivity index (χ2n) is 8.94. The predicted molar refractivity (Wildman–Crippen MR) is 137 cm³/mol. The number of nitrogens with zero attached hydrogens (tertiary/aromatic N) is 5. The third-order valence-corrected chi connectivity index (χ3v) is 5.91. The largest absolute Gasteiger partial charge is 0.368 e. The molecule has 182 valence electrons. The second-order valence-corrected chi connectivity index (χ2v) is 9.78. The van der Waals surface area contributed by atoms with E-state index in [9.17, 15) is 9.59 Å². The van der Waals surface area contributed by atoms with Crippen molar-refractivity contribution in [3.63, 3.8) is 0 Å². The summed E-state index contributed by atoms with van der Waals surface area (Å²) in [6.45, 7) is 6.47. The molecule has 3 aromatic rings. The Balaban J connectivity index is 2.13. The summed E-state index contributed by atoms with van der Waals surface area (Å²) in [5.74, 6) is 0.623. The van der Waals surface area contributed by atoms with E-state index < -0.39 is 5.91 Å². The van der Waals surface area contributed by atoms with Crippen molar-refractivity contribution in [3.05, 3.63) is 51.4 Å². The minimum Gasteiger partial charge on any atom is -0.368 e. The van der Waals surface area contributed by atoms with Crippen molar-refractivity contribution in [1.82, 2.24) is 19.4 Å². The van der Waals surface area contributed by atoms with Gasteiger partial charge in [0.25, 0.3) is 5.91 Å². The first-order valence-electron chi connectivity index (χ1n) is 11.0. The molecule has 0 aliphatic rings. The number of hydrogen-bond acceptors (Lipinski definition) is 5. The maximum atomic E-state index is 13.7. The summed E-state index contributed by atoms with van der Waals surface area (Å²) in [6, 6.07) is 7.16. The van der Waals surface area contributed by atoms with Crippen molar-refractivity contribution in [1.29, 1.82) is 0 Å². The summed E-state index contributed by atoms with van der Waals surface area (Å²) in [5, 5.41) is 1.88. The number of halogens is 2. The molecule has 8 nitrogen and oxygen atoms in total. The fraction of sp³-hybridized carbons (Fsp3) is 0.417. The number of hydrogen-bond donors (Lipinski definition) is 1. The van der Waals surface area contributed by atoms with E-state index in [0.29, 0.717) is 52.5 Å². The lowest BCUT2D eigenvalue weighted by Gasteiger charge is -2.24. The molecule has 2 aromatic heterocycles. The first kappa shape index (κ1) is 25.8. The number of carbonyl (C=O) groups is 2. The lowest BCUT2D eigenvalue weighted by molar-refractivity contribution is -0.118. The van der Waals surface area contributed by atoms with Crippen LogP contribution in [0.15, 0.2) is 24.3 Å². The number of rotatable bonds is 9. The van der Waals surface area contributed by atoms with E-state index in [0.717, 1.165) is 10.9 Å². The molecule has 34 heavy (non-hydrogen) atoms. The highest BCUT2D eigenvalue weighted by Gasteiger charge is 2.26. The monoisotopic (exact) mass is 504 g/mol. The van der Waals surface area contributed by atoms with Gasteiger partial charge in [-0.1, -0.05) is 43.1 Å². The number of fused-ring (bicyclic) bond motifs is 1. The fourth-order valence-corrected chi connectivity index (χ4v) is 4.43. The minimum absolute atomic E-state index is 0.160. The number of amides is 2. The Morgan fingerprint density at radius 2 is 1.85 bits per heavy atom. The number of aryl methyl sites for hydroxylation is 3. The van der Waals surface area contributed by atoms with Crippen LogP contribution in [0.1, 0.15) is 35.7 Å². The summed E-state index contributed by atoms with van der Waals surface area (Å²) in [4.78, 5) is 38.0. The predicted octanol–water partition coefficient (Wildman–Crippen LogP) is 3.94. The van der Waals surface area contributed by atoms with Crippen LogP contribution in [0.25, 0.3) is 11.0 Å². The third kappa shape index (κ3) is 5.80. The zero-order chi connectivity index (χ0) is 25.2. The molecule has 0 bridgehead atoms. The number of aromatic nitrogens is 3. The van der Waals surface area contributed by atoms with Crippen molar-refractivity contribution >= 4 is 51.9 Å². The molecular weight excluding hydrogens is 475 g/mol. The van der Waals surface area contributed by atoms with Crippen LogP contribution in [0.2, 0.25) is 10.0 Å². The third-order valence-electron chi connectivity index (χ3n) is 5.33. The highest BCUT2D eigenvalue weighted by molar-refractivity contribution is 6.35. The molecule has 10 heteroatoms. The molecule has 2 N–H and O–H groups in total. The quantitative estimate of drug-likeness (QED) is 0.475. The van der Waals surface area contributed by atoms with Crippen LogP contribution in [0, 0.1) is 12.8 Å². The Hall–Kier alpha value is -2.84. The summed E-state index contributed by atoms with van der Waals surface area (Å²) >= 11 is 12.4. The first-order valence-corrected chi connectivity index (χ1v) is 11.8. The van der Waals surface area contributed by atoms with Gasteiger partial charge >= 0.3 is 0 Å². The van der Waals surface area contributed by atoms with Gasteiger partial charge in [-0.2, -0.15) is 0 Å². The summed E-state index contributed by atoms with van der Waals surface area (Å²) in [5.41, 5.74) is 7.42. The molecule has 0 spiro atoms. The molecule has 0 unspecified atom stereocenters. The van der Waals surface area contributed by atoms with Gasteiger partial charge < -0.3 is 20.1 Å². The van der Waals surface area contributed by atoms with Gasteiger partial charge in [-0.25, -0.2) is 9.97 Å². The van der Waals surface area contributed by atoms with Gasteiger partial charge in [0, 0.05) is 37.2 Å². The molecule has 0 saturated carbocycles. The lowest BCUT2D eigenvalue weighted by Crippen LogP contribution is -2.41.